The second-order valence-electron chi connectivity index (χ2n) is 8.49. The normalized spacial score (nSPS) is 16.5. The number of hydrogen-bond acceptors (Lipinski definition) is 7. The van der Waals surface area contributed by atoms with E-state index in [2.05, 4.69) is 4.90 Å². The van der Waals surface area contributed by atoms with E-state index in [0.29, 0.717) is 35.8 Å². The van der Waals surface area contributed by atoms with Crippen LogP contribution >= 0.6 is 11.3 Å². The lowest BCUT2D eigenvalue weighted by Crippen LogP contribution is -2.44. The number of aromatic nitrogens is 4. The van der Waals surface area contributed by atoms with Gasteiger partial charge in [0.1, 0.15) is 0 Å². The third-order valence-electron chi connectivity index (χ3n) is 5.78. The van der Waals surface area contributed by atoms with Crippen molar-refractivity contribution in [3.05, 3.63) is 54.9 Å². The van der Waals surface area contributed by atoms with Gasteiger partial charge in [0.25, 0.3) is 5.56 Å². The molecule has 1 fully saturated rings. The van der Waals surface area contributed by atoms with Gasteiger partial charge in [-0.3, -0.25) is 18.7 Å². The quantitative estimate of drug-likeness (QED) is 0.447. The molecule has 1 atom stereocenters. The number of aryl methyl sites for hydroxylation is 1. The molecule has 0 amide bonds. The van der Waals surface area contributed by atoms with Crippen molar-refractivity contribution >= 4 is 34.2 Å². The monoisotopic (exact) mass is 456 g/mol. The Morgan fingerprint density at radius 1 is 1.31 bits per heavy atom. The number of hydrogen-bond donors (Lipinski definition) is 1. The standard InChI is InChI=1S/C22H28N6O3S/c1-14(2)6-9-27-18-19(24-21(27)26-8-4-5-16(23)11-26)25(3)22(31)28(20(18)30)12-17(29)15-7-10-32-13-15/h6-7,10,13,16H,4-5,8-9,11-12,23H2,1-3H3. The minimum Gasteiger partial charge on any atom is -0.341 e. The maximum Gasteiger partial charge on any atom is 0.332 e. The van der Waals surface area contributed by atoms with Crippen LogP contribution in [0.1, 0.15) is 37.0 Å². The number of fused-ring (bicyclic) bond motifs is 1. The molecule has 3 aromatic heterocycles. The van der Waals surface area contributed by atoms with Crippen LogP contribution in [0, 0.1) is 0 Å². The molecule has 170 valence electrons. The molecule has 10 heteroatoms. The molecular weight excluding hydrogens is 428 g/mol. The summed E-state index contributed by atoms with van der Waals surface area (Å²) < 4.78 is 4.20. The van der Waals surface area contributed by atoms with Gasteiger partial charge < -0.3 is 15.2 Å². The number of carbonyl (C=O) groups excluding carboxylic acids is 1. The summed E-state index contributed by atoms with van der Waals surface area (Å²) in [6, 6.07) is 1.72. The molecule has 0 saturated carbocycles. The van der Waals surface area contributed by atoms with Gasteiger partial charge in [0, 0.05) is 43.7 Å². The molecule has 1 aliphatic heterocycles. The van der Waals surface area contributed by atoms with Crippen molar-refractivity contribution in [2.24, 2.45) is 12.8 Å². The summed E-state index contributed by atoms with van der Waals surface area (Å²) in [5, 5.41) is 3.51. The fourth-order valence-corrected chi connectivity index (χ4v) is 4.70. The Balaban J connectivity index is 1.90. The van der Waals surface area contributed by atoms with Crippen LogP contribution in [0.4, 0.5) is 5.95 Å². The van der Waals surface area contributed by atoms with E-state index < -0.39 is 11.2 Å². The number of nitrogens with zero attached hydrogens (tertiary/aromatic N) is 5. The molecule has 32 heavy (non-hydrogen) atoms. The fourth-order valence-electron chi connectivity index (χ4n) is 4.04. The van der Waals surface area contributed by atoms with E-state index >= 15 is 0 Å². The lowest BCUT2D eigenvalue weighted by Gasteiger charge is -2.31. The van der Waals surface area contributed by atoms with Crippen LogP contribution in [0.25, 0.3) is 11.2 Å². The van der Waals surface area contributed by atoms with Gasteiger partial charge in [-0.05, 0) is 38.1 Å². The van der Waals surface area contributed by atoms with Gasteiger partial charge in [0.05, 0.1) is 6.54 Å². The van der Waals surface area contributed by atoms with Crippen molar-refractivity contribution in [1.29, 1.82) is 0 Å². The summed E-state index contributed by atoms with van der Waals surface area (Å²) in [6.45, 7) is 5.52. The summed E-state index contributed by atoms with van der Waals surface area (Å²) in [4.78, 5) is 46.0. The van der Waals surface area contributed by atoms with Gasteiger partial charge in [-0.1, -0.05) is 11.6 Å². The number of thiophene rings is 1. The van der Waals surface area contributed by atoms with Gasteiger partial charge in [-0.25, -0.2) is 4.79 Å². The Labute approximate surface area is 189 Å². The zero-order valence-electron chi connectivity index (χ0n) is 18.6. The second-order valence-corrected chi connectivity index (χ2v) is 9.27. The second kappa shape index (κ2) is 8.87. The first kappa shape index (κ1) is 22.2. The van der Waals surface area contributed by atoms with Crippen molar-refractivity contribution in [2.75, 3.05) is 18.0 Å². The molecule has 9 nitrogen and oxygen atoms in total. The van der Waals surface area contributed by atoms with Crippen LogP contribution in [0.15, 0.2) is 38.1 Å². The Bertz CT molecular complexity index is 1290. The van der Waals surface area contributed by atoms with Crippen molar-refractivity contribution in [2.45, 2.75) is 45.8 Å². The SMILES string of the molecule is CC(C)=CCn1c(N2CCCC(N)C2)nc2c1c(=O)n(CC(=O)c1ccsc1)c(=O)n2C. The Morgan fingerprint density at radius 3 is 2.75 bits per heavy atom. The maximum atomic E-state index is 13.5. The van der Waals surface area contributed by atoms with Crippen LogP contribution < -0.4 is 21.9 Å². The number of nitrogens with two attached hydrogens (primary N) is 1. The van der Waals surface area contributed by atoms with Crippen LogP contribution in [0.3, 0.4) is 0 Å². The fraction of sp³-hybridized carbons (Fsp3) is 0.455. The number of imidazole rings is 1. The van der Waals surface area contributed by atoms with E-state index in [-0.39, 0.29) is 18.4 Å². The van der Waals surface area contributed by atoms with E-state index in [4.69, 9.17) is 10.7 Å². The van der Waals surface area contributed by atoms with Gasteiger partial charge in [0.15, 0.2) is 16.9 Å². The summed E-state index contributed by atoms with van der Waals surface area (Å²) in [5.74, 6) is 0.351. The molecule has 0 aliphatic carbocycles. The topological polar surface area (TPSA) is 108 Å². The molecule has 0 radical (unpaired) electrons. The number of allylic oxidation sites excluding steroid dienone is 2. The molecule has 0 bridgehead atoms. The molecule has 1 saturated heterocycles. The molecule has 3 aromatic rings. The molecule has 2 N–H and O–H groups in total. The van der Waals surface area contributed by atoms with Gasteiger partial charge in [0.2, 0.25) is 5.95 Å². The lowest BCUT2D eigenvalue weighted by atomic mass is 10.1. The minimum atomic E-state index is -0.556. The van der Waals surface area contributed by atoms with Crippen molar-refractivity contribution in [3.8, 4) is 0 Å². The summed E-state index contributed by atoms with van der Waals surface area (Å²) >= 11 is 1.40. The number of ketones is 1. The highest BCUT2D eigenvalue weighted by molar-refractivity contribution is 7.08. The third-order valence-corrected chi connectivity index (χ3v) is 6.46. The Kier molecular flexibility index (Phi) is 6.16. The molecule has 1 unspecified atom stereocenters. The van der Waals surface area contributed by atoms with Crippen molar-refractivity contribution < 1.29 is 4.79 Å². The molecule has 0 spiro atoms. The average Bonchev–Trinajstić information content (AvgIpc) is 3.42. The highest BCUT2D eigenvalue weighted by atomic mass is 32.1. The van der Waals surface area contributed by atoms with Crippen molar-refractivity contribution in [1.82, 2.24) is 18.7 Å². The number of piperidine rings is 1. The van der Waals surface area contributed by atoms with Crippen LogP contribution in [0.2, 0.25) is 0 Å². The summed E-state index contributed by atoms with van der Waals surface area (Å²) in [6.07, 6.45) is 3.89. The predicted octanol–water partition coefficient (Wildman–Crippen LogP) is 1.73. The highest BCUT2D eigenvalue weighted by Crippen LogP contribution is 2.23. The molecule has 4 heterocycles. The van der Waals surface area contributed by atoms with E-state index in [9.17, 15) is 14.4 Å². The van der Waals surface area contributed by atoms with Crippen LogP contribution in [-0.4, -0.2) is 43.6 Å². The third kappa shape index (κ3) is 4.07. The van der Waals surface area contributed by atoms with E-state index in [1.807, 2.05) is 24.5 Å². The average molecular weight is 457 g/mol. The zero-order chi connectivity index (χ0) is 23.0. The molecule has 4 rings (SSSR count). The van der Waals surface area contributed by atoms with Gasteiger partial charge in [-0.2, -0.15) is 16.3 Å². The first-order valence-electron chi connectivity index (χ1n) is 10.7. The van der Waals surface area contributed by atoms with E-state index in [1.165, 1.54) is 15.9 Å². The molecular formula is C22H28N6O3S. The smallest absolute Gasteiger partial charge is 0.332 e. The minimum absolute atomic E-state index is 0.0316. The van der Waals surface area contributed by atoms with Crippen molar-refractivity contribution in [3.63, 3.8) is 0 Å². The molecule has 0 aromatic carbocycles. The largest absolute Gasteiger partial charge is 0.341 e. The van der Waals surface area contributed by atoms with E-state index in [0.717, 1.165) is 29.5 Å². The zero-order valence-corrected chi connectivity index (χ0v) is 19.4. The summed E-state index contributed by atoms with van der Waals surface area (Å²) in [7, 11) is 1.58. The summed E-state index contributed by atoms with van der Waals surface area (Å²) in [5.41, 5.74) is 7.35. The van der Waals surface area contributed by atoms with Crippen LogP contribution in [0.5, 0.6) is 0 Å². The van der Waals surface area contributed by atoms with Crippen LogP contribution in [-0.2, 0) is 20.1 Å². The van der Waals surface area contributed by atoms with Gasteiger partial charge >= 0.3 is 5.69 Å². The Hall–Kier alpha value is -2.98. The number of anilines is 1. The van der Waals surface area contributed by atoms with E-state index in [1.54, 1.807) is 23.9 Å². The number of carbonyl (C=O) groups is 1. The molecule has 1 aliphatic rings. The Morgan fingerprint density at radius 2 is 2.09 bits per heavy atom. The predicted molar refractivity (Wildman–Crippen MR) is 127 cm³/mol. The number of Topliss-reactive ketones (excluding diaryl/α,β-unsaturated/α-hetero) is 1. The first-order chi connectivity index (χ1) is 15.3. The number of rotatable bonds is 6. The maximum absolute atomic E-state index is 13.5. The lowest BCUT2D eigenvalue weighted by molar-refractivity contribution is 0.0969. The van der Waals surface area contributed by atoms with Gasteiger partial charge in [-0.15, -0.1) is 0 Å². The highest BCUT2D eigenvalue weighted by Gasteiger charge is 2.26. The first-order valence-corrected chi connectivity index (χ1v) is 11.6.